The molecule has 0 spiro atoms. The van der Waals surface area contributed by atoms with Gasteiger partial charge in [0.2, 0.25) is 29.5 Å². The summed E-state index contributed by atoms with van der Waals surface area (Å²) in [5.41, 5.74) is 16.4. The molecule has 15 heteroatoms. The number of primary amides is 2. The predicted molar refractivity (Wildman–Crippen MR) is 141 cm³/mol. The maximum Gasteiger partial charge on any atom is 0.245 e. The molecule has 39 heavy (non-hydrogen) atoms. The Labute approximate surface area is 228 Å². The van der Waals surface area contributed by atoms with E-state index in [1.165, 1.54) is 6.92 Å². The number of hydrogen-bond donors (Lipinski definition) is 9. The third-order valence-corrected chi connectivity index (χ3v) is 6.31. The van der Waals surface area contributed by atoms with Gasteiger partial charge in [-0.3, -0.25) is 34.1 Å². The van der Waals surface area contributed by atoms with Gasteiger partial charge in [0, 0.05) is 13.0 Å². The molecule has 0 saturated heterocycles. The van der Waals surface area contributed by atoms with Crippen LogP contribution in [0.15, 0.2) is 0 Å². The van der Waals surface area contributed by atoms with Crippen molar-refractivity contribution in [2.75, 3.05) is 19.8 Å². The van der Waals surface area contributed by atoms with Crippen molar-refractivity contribution < 1.29 is 39.0 Å². The van der Waals surface area contributed by atoms with E-state index < -0.39 is 67.1 Å². The number of unbranched alkanes of at least 4 members (excludes halogenated alkanes) is 1. The van der Waals surface area contributed by atoms with Crippen LogP contribution in [0, 0.1) is 5.92 Å². The third-order valence-electron chi connectivity index (χ3n) is 6.31. The third kappa shape index (κ3) is 14.0. The highest BCUT2D eigenvalue weighted by Gasteiger charge is 2.29. The van der Waals surface area contributed by atoms with E-state index in [9.17, 15) is 33.9 Å². The fourth-order valence-electron chi connectivity index (χ4n) is 3.54. The van der Waals surface area contributed by atoms with E-state index in [0.717, 1.165) is 0 Å². The molecule has 0 rings (SSSR count). The number of carbonyl (C=O) groups excluding carboxylic acids is 6. The maximum absolute atomic E-state index is 12.4. The molecular weight excluding hydrogens is 514 g/mol. The molecule has 12 N–H and O–H groups in total. The minimum atomic E-state index is -1.31. The summed E-state index contributed by atoms with van der Waals surface area (Å²) in [4.78, 5) is 71.5. The summed E-state index contributed by atoms with van der Waals surface area (Å²) in [6, 6.07) is -5.15. The Morgan fingerprint density at radius 1 is 0.821 bits per heavy atom. The van der Waals surface area contributed by atoms with Gasteiger partial charge in [0.1, 0.15) is 23.9 Å². The molecule has 0 aromatic rings. The number of Topliss-reactive ketones (excluding diaryl/α,β-unsaturated/α-hetero) is 1. The van der Waals surface area contributed by atoms with E-state index in [4.69, 9.17) is 22.3 Å². The molecule has 2 unspecified atom stereocenters. The zero-order valence-corrected chi connectivity index (χ0v) is 22.9. The zero-order chi connectivity index (χ0) is 30.1. The largest absolute Gasteiger partial charge is 0.394 e. The van der Waals surface area contributed by atoms with Crippen LogP contribution in [0.3, 0.4) is 0 Å². The standard InChI is InChI=1S/C24H45N7O8/c1-4-13(2)20(22(27)37)31-24(39)18(12-33)30-23(38)15(25)7-5-6-10-28-19(35)9-8-16(14(3)34)29-17(11-32)21(26)36/h13,15-18,20,29,32-33H,4-12,25H2,1-3H3,(H2,26,36)(H2,27,37)(H,28,35)(H,30,38)(H,31,39)/t13-,15?,16?,17-,18-,20-/m0/s1. The van der Waals surface area contributed by atoms with E-state index in [0.29, 0.717) is 19.3 Å². The Kier molecular flexibility index (Phi) is 17.5. The molecule has 0 aliphatic carbocycles. The molecule has 0 heterocycles. The number of aliphatic hydroxyl groups is 2. The van der Waals surface area contributed by atoms with Crippen LogP contribution in [0.5, 0.6) is 0 Å². The summed E-state index contributed by atoms with van der Waals surface area (Å²) in [5.74, 6) is -3.82. The van der Waals surface area contributed by atoms with Gasteiger partial charge in [-0.1, -0.05) is 20.3 Å². The van der Waals surface area contributed by atoms with Gasteiger partial charge in [-0.05, 0) is 38.5 Å². The van der Waals surface area contributed by atoms with Gasteiger partial charge in [0.25, 0.3) is 0 Å². The van der Waals surface area contributed by atoms with Crippen LogP contribution < -0.4 is 38.5 Å². The van der Waals surface area contributed by atoms with Crippen LogP contribution in [0.1, 0.15) is 59.3 Å². The first-order valence-electron chi connectivity index (χ1n) is 13.0. The Morgan fingerprint density at radius 2 is 1.44 bits per heavy atom. The van der Waals surface area contributed by atoms with Crippen molar-refractivity contribution in [2.24, 2.45) is 23.1 Å². The number of rotatable bonds is 21. The van der Waals surface area contributed by atoms with Gasteiger partial charge >= 0.3 is 0 Å². The molecule has 6 atom stereocenters. The molecule has 15 nitrogen and oxygen atoms in total. The summed E-state index contributed by atoms with van der Waals surface area (Å²) in [7, 11) is 0. The first-order valence-corrected chi connectivity index (χ1v) is 13.0. The number of carbonyl (C=O) groups is 6. The first-order chi connectivity index (χ1) is 18.3. The lowest BCUT2D eigenvalue weighted by Crippen LogP contribution is -2.57. The fourth-order valence-corrected chi connectivity index (χ4v) is 3.54. The molecule has 0 aliphatic rings. The highest BCUT2D eigenvalue weighted by Crippen LogP contribution is 2.08. The number of hydrogen-bond acceptors (Lipinski definition) is 10. The van der Waals surface area contributed by atoms with E-state index in [-0.39, 0.29) is 43.4 Å². The average molecular weight is 560 g/mol. The zero-order valence-electron chi connectivity index (χ0n) is 22.9. The lowest BCUT2D eigenvalue weighted by atomic mass is 9.98. The van der Waals surface area contributed by atoms with Crippen LogP contribution in [0.25, 0.3) is 0 Å². The highest BCUT2D eigenvalue weighted by atomic mass is 16.3. The second-order valence-corrected chi connectivity index (χ2v) is 9.48. The minimum absolute atomic E-state index is 0.00562. The van der Waals surface area contributed by atoms with Crippen LogP contribution in [-0.2, 0) is 28.8 Å². The van der Waals surface area contributed by atoms with Gasteiger partial charge in [0.15, 0.2) is 0 Å². The molecule has 0 aromatic carbocycles. The number of nitrogens with one attached hydrogen (secondary N) is 4. The molecular formula is C24H45N7O8. The number of aliphatic hydroxyl groups excluding tert-OH is 2. The predicted octanol–water partition coefficient (Wildman–Crippen LogP) is -3.73. The average Bonchev–Trinajstić information content (AvgIpc) is 2.88. The normalized spacial score (nSPS) is 15.6. The molecule has 0 aromatic heterocycles. The van der Waals surface area contributed by atoms with Crippen LogP contribution in [-0.4, -0.2) is 95.5 Å². The molecule has 0 bridgehead atoms. The first kappa shape index (κ1) is 35.9. The van der Waals surface area contributed by atoms with Crippen molar-refractivity contribution in [1.82, 2.24) is 21.3 Å². The van der Waals surface area contributed by atoms with Gasteiger partial charge in [-0.15, -0.1) is 0 Å². The SMILES string of the molecule is CC[C@H](C)[C@H](NC(=O)[C@H](CO)NC(=O)C(N)CCCCNC(=O)CCC(N[C@@H](CO)C(N)=O)C(C)=O)C(N)=O. The van der Waals surface area contributed by atoms with E-state index in [1.54, 1.807) is 6.92 Å². The summed E-state index contributed by atoms with van der Waals surface area (Å²) < 4.78 is 0. The molecule has 0 aliphatic heterocycles. The second-order valence-electron chi connectivity index (χ2n) is 9.48. The van der Waals surface area contributed by atoms with E-state index in [1.807, 2.05) is 6.92 Å². The smallest absolute Gasteiger partial charge is 0.245 e. The Balaban J connectivity index is 4.48. The molecule has 0 radical (unpaired) electrons. The molecule has 224 valence electrons. The van der Waals surface area contributed by atoms with Crippen molar-refractivity contribution in [1.29, 1.82) is 0 Å². The van der Waals surface area contributed by atoms with Gasteiger partial charge < -0.3 is 43.4 Å². The van der Waals surface area contributed by atoms with Gasteiger partial charge in [0.05, 0.1) is 25.3 Å². The van der Waals surface area contributed by atoms with E-state index in [2.05, 4.69) is 21.3 Å². The van der Waals surface area contributed by atoms with Crippen LogP contribution in [0.4, 0.5) is 0 Å². The van der Waals surface area contributed by atoms with Crippen LogP contribution >= 0.6 is 0 Å². The lowest BCUT2D eigenvalue weighted by Gasteiger charge is -2.24. The quantitative estimate of drug-likeness (QED) is 0.0620. The van der Waals surface area contributed by atoms with Crippen LogP contribution in [0.2, 0.25) is 0 Å². The summed E-state index contributed by atoms with van der Waals surface area (Å²) in [6.07, 6.45) is 1.88. The highest BCUT2D eigenvalue weighted by molar-refractivity contribution is 5.92. The Morgan fingerprint density at radius 3 is 1.92 bits per heavy atom. The fraction of sp³-hybridized carbons (Fsp3) is 0.750. The summed E-state index contributed by atoms with van der Waals surface area (Å²) in [5, 5.41) is 28.8. The minimum Gasteiger partial charge on any atom is -0.394 e. The van der Waals surface area contributed by atoms with Crippen molar-refractivity contribution in [2.45, 2.75) is 89.5 Å². The lowest BCUT2D eigenvalue weighted by molar-refractivity contribution is -0.133. The van der Waals surface area contributed by atoms with Crippen molar-refractivity contribution in [3.63, 3.8) is 0 Å². The Bertz CT molecular complexity index is 841. The summed E-state index contributed by atoms with van der Waals surface area (Å²) in [6.45, 7) is 3.87. The molecule has 0 saturated carbocycles. The van der Waals surface area contributed by atoms with Crippen molar-refractivity contribution >= 4 is 35.3 Å². The maximum atomic E-state index is 12.4. The topological polar surface area (TPSA) is 269 Å². The molecule has 0 fully saturated rings. The number of nitrogens with two attached hydrogens (primary N) is 3. The van der Waals surface area contributed by atoms with Crippen molar-refractivity contribution in [3.8, 4) is 0 Å². The van der Waals surface area contributed by atoms with Crippen molar-refractivity contribution in [3.05, 3.63) is 0 Å². The van der Waals surface area contributed by atoms with E-state index >= 15 is 0 Å². The monoisotopic (exact) mass is 559 g/mol. The number of amides is 5. The van der Waals surface area contributed by atoms with Gasteiger partial charge in [-0.2, -0.15) is 0 Å². The van der Waals surface area contributed by atoms with Gasteiger partial charge in [-0.25, -0.2) is 0 Å². The second kappa shape index (κ2) is 19.0. The Hall–Kier alpha value is -3.14. The summed E-state index contributed by atoms with van der Waals surface area (Å²) >= 11 is 0. The molecule has 5 amide bonds. The number of ketones is 1.